The van der Waals surface area contributed by atoms with Gasteiger partial charge in [0.15, 0.2) is 4.30 Å². The van der Waals surface area contributed by atoms with Gasteiger partial charge in [0, 0.05) is 13.1 Å². The average Bonchev–Trinajstić information content (AvgIpc) is 1.87. The Morgan fingerprint density at radius 2 is 1.55 bits per heavy atom. The highest BCUT2D eigenvalue weighted by atomic mass is 35.6. The lowest BCUT2D eigenvalue weighted by Gasteiger charge is -2.21. The molecule has 68 valence electrons. The highest BCUT2D eigenvalue weighted by Crippen LogP contribution is 2.03. The zero-order valence-electron chi connectivity index (χ0n) is 6.40. The molecule has 1 aliphatic heterocycles. The number of hydrogen-bond acceptors (Lipinski definition) is 2. The molecule has 5 heteroatoms. The Kier molecular flexibility index (Phi) is 7.97. The maximum absolute atomic E-state index is 5.10. The number of ether oxygens (including phenoxy) is 1. The van der Waals surface area contributed by atoms with Gasteiger partial charge in [-0.25, -0.2) is 0 Å². The van der Waals surface area contributed by atoms with Crippen LogP contribution in [0.2, 0.25) is 0 Å². The fraction of sp³-hybridized carbons (Fsp3) is 1.00. The summed E-state index contributed by atoms with van der Waals surface area (Å²) in [6.45, 7) is 4.02. The number of halogens is 3. The van der Waals surface area contributed by atoms with E-state index in [-0.39, 0.29) is 0 Å². The van der Waals surface area contributed by atoms with E-state index in [2.05, 4.69) is 11.9 Å². The van der Waals surface area contributed by atoms with Gasteiger partial charge in [0.05, 0.1) is 13.2 Å². The first-order valence-corrected chi connectivity index (χ1v) is 4.62. The summed E-state index contributed by atoms with van der Waals surface area (Å²) in [7, 11) is 2.11. The second-order valence-corrected chi connectivity index (χ2v) is 4.14. The van der Waals surface area contributed by atoms with E-state index >= 15 is 0 Å². The van der Waals surface area contributed by atoms with Crippen molar-refractivity contribution in [2.24, 2.45) is 0 Å². The Bertz CT molecular complexity index is 83.1. The summed E-state index contributed by atoms with van der Waals surface area (Å²) in [5, 5.41) is 0. The minimum atomic E-state index is -0.750. The van der Waals surface area contributed by atoms with Crippen LogP contribution >= 0.6 is 34.8 Å². The van der Waals surface area contributed by atoms with Crippen LogP contribution in [0.1, 0.15) is 0 Å². The predicted molar refractivity (Wildman–Crippen MR) is 49.7 cm³/mol. The summed E-state index contributed by atoms with van der Waals surface area (Å²) in [6, 6.07) is 0. The molecule has 1 aliphatic rings. The van der Waals surface area contributed by atoms with Crippen LogP contribution in [0.25, 0.3) is 0 Å². The van der Waals surface area contributed by atoms with Crippen LogP contribution in [0.5, 0.6) is 0 Å². The molecule has 1 heterocycles. The third-order valence-electron chi connectivity index (χ3n) is 1.23. The van der Waals surface area contributed by atoms with Crippen LogP contribution in [0.4, 0.5) is 0 Å². The molecule has 1 saturated heterocycles. The first-order valence-electron chi connectivity index (χ1n) is 3.31. The zero-order valence-corrected chi connectivity index (χ0v) is 8.66. The van der Waals surface area contributed by atoms with Crippen molar-refractivity contribution in [1.29, 1.82) is 0 Å². The summed E-state index contributed by atoms with van der Waals surface area (Å²) in [6.07, 6.45) is 0. The van der Waals surface area contributed by atoms with E-state index in [1.807, 2.05) is 0 Å². The first-order chi connectivity index (χ1) is 5.13. The van der Waals surface area contributed by atoms with Gasteiger partial charge in [-0.3, -0.25) is 0 Å². The van der Waals surface area contributed by atoms with E-state index in [1.165, 1.54) is 0 Å². The van der Waals surface area contributed by atoms with E-state index < -0.39 is 4.30 Å². The maximum Gasteiger partial charge on any atom is 0.180 e. The molecule has 0 spiro atoms. The van der Waals surface area contributed by atoms with Crippen molar-refractivity contribution in [3.8, 4) is 0 Å². The Balaban J connectivity index is 0.000000218. The molecule has 0 aromatic rings. The predicted octanol–water partition coefficient (Wildman–Crippen LogP) is 1.93. The summed E-state index contributed by atoms with van der Waals surface area (Å²) in [5.74, 6) is 0. The van der Waals surface area contributed by atoms with E-state index in [4.69, 9.17) is 39.5 Å². The van der Waals surface area contributed by atoms with Crippen molar-refractivity contribution >= 4 is 34.8 Å². The Labute approximate surface area is 82.3 Å². The van der Waals surface area contributed by atoms with Crippen molar-refractivity contribution in [3.63, 3.8) is 0 Å². The number of likely N-dealkylation sites (N-methyl/N-ethyl adjacent to an activating group) is 1. The van der Waals surface area contributed by atoms with Gasteiger partial charge in [-0.15, -0.1) is 0 Å². The summed E-state index contributed by atoms with van der Waals surface area (Å²) < 4.78 is 4.35. The molecule has 2 nitrogen and oxygen atoms in total. The van der Waals surface area contributed by atoms with Crippen molar-refractivity contribution < 1.29 is 4.74 Å². The van der Waals surface area contributed by atoms with E-state index in [9.17, 15) is 0 Å². The lowest BCUT2D eigenvalue weighted by molar-refractivity contribution is 0.0503. The van der Waals surface area contributed by atoms with Gasteiger partial charge in [-0.2, -0.15) is 0 Å². The summed E-state index contributed by atoms with van der Waals surface area (Å²) >= 11 is 14.4. The van der Waals surface area contributed by atoms with Crippen LogP contribution < -0.4 is 0 Å². The fourth-order valence-corrected chi connectivity index (χ4v) is 0.655. The molecule has 0 amide bonds. The molecule has 0 N–H and O–H groups in total. The van der Waals surface area contributed by atoms with E-state index in [0.29, 0.717) is 0 Å². The molecule has 0 aromatic heterocycles. The molecule has 0 bridgehead atoms. The average molecular weight is 221 g/mol. The second kappa shape index (κ2) is 7.44. The van der Waals surface area contributed by atoms with Crippen LogP contribution in [-0.2, 0) is 4.74 Å². The summed E-state index contributed by atoms with van der Waals surface area (Å²) in [4.78, 5) is 2.27. The Morgan fingerprint density at radius 1 is 1.18 bits per heavy atom. The van der Waals surface area contributed by atoms with Gasteiger partial charge in [0.25, 0.3) is 0 Å². The fourth-order valence-electron chi connectivity index (χ4n) is 0.655. The number of hydrogen-bond donors (Lipinski definition) is 0. The normalized spacial score (nSPS) is 19.4. The number of nitrogens with zero attached hydrogens (tertiary/aromatic N) is 1. The van der Waals surface area contributed by atoms with Crippen molar-refractivity contribution in [1.82, 2.24) is 4.90 Å². The SMILES string of the molecule is CN1CCOCC1.ClC(Cl)Cl. The van der Waals surface area contributed by atoms with Crippen LogP contribution in [0.3, 0.4) is 0 Å². The standard InChI is InChI=1S/C5H11NO.CHCl3/c1-6-2-4-7-5-3-6;2-1(3)4/h2-5H2,1H3;1H. The highest BCUT2D eigenvalue weighted by Gasteiger charge is 2.02. The first kappa shape index (κ1) is 11.8. The molecule has 1 fully saturated rings. The van der Waals surface area contributed by atoms with Gasteiger partial charge in [-0.1, -0.05) is 34.8 Å². The minimum absolute atomic E-state index is 0.750. The molecule has 0 saturated carbocycles. The zero-order chi connectivity index (χ0) is 8.69. The van der Waals surface area contributed by atoms with E-state index in [0.717, 1.165) is 26.3 Å². The molecule has 0 atom stereocenters. The minimum Gasteiger partial charge on any atom is -0.379 e. The van der Waals surface area contributed by atoms with E-state index in [1.54, 1.807) is 0 Å². The topological polar surface area (TPSA) is 12.5 Å². The van der Waals surface area contributed by atoms with Gasteiger partial charge in [-0.05, 0) is 7.05 Å². The lowest BCUT2D eigenvalue weighted by Crippen LogP contribution is -2.32. The maximum atomic E-state index is 5.10. The Hall–Kier alpha value is 0.790. The quantitative estimate of drug-likeness (QED) is 0.579. The highest BCUT2D eigenvalue weighted by molar-refractivity contribution is 6.63. The van der Waals surface area contributed by atoms with Crippen molar-refractivity contribution in [2.45, 2.75) is 4.30 Å². The number of rotatable bonds is 0. The molecule has 1 rings (SSSR count). The second-order valence-electron chi connectivity index (χ2n) is 2.16. The molecule has 0 unspecified atom stereocenters. The molecule has 0 aliphatic carbocycles. The smallest absolute Gasteiger partial charge is 0.180 e. The molecular formula is C6H12Cl3NO. The van der Waals surface area contributed by atoms with Crippen LogP contribution in [-0.4, -0.2) is 42.5 Å². The number of alkyl halides is 3. The van der Waals surface area contributed by atoms with Crippen molar-refractivity contribution in [3.05, 3.63) is 0 Å². The monoisotopic (exact) mass is 219 g/mol. The third kappa shape index (κ3) is 10.8. The van der Waals surface area contributed by atoms with Crippen molar-refractivity contribution in [2.75, 3.05) is 33.4 Å². The van der Waals surface area contributed by atoms with Gasteiger partial charge >= 0.3 is 0 Å². The Morgan fingerprint density at radius 3 is 1.73 bits per heavy atom. The van der Waals surface area contributed by atoms with Crippen LogP contribution in [0, 0.1) is 0 Å². The molecular weight excluding hydrogens is 208 g/mol. The lowest BCUT2D eigenvalue weighted by atomic mass is 10.5. The molecule has 0 radical (unpaired) electrons. The molecule has 0 aromatic carbocycles. The largest absolute Gasteiger partial charge is 0.379 e. The van der Waals surface area contributed by atoms with Gasteiger partial charge in [0.2, 0.25) is 0 Å². The molecule has 11 heavy (non-hydrogen) atoms. The summed E-state index contributed by atoms with van der Waals surface area (Å²) in [5.41, 5.74) is 0. The van der Waals surface area contributed by atoms with Crippen LogP contribution in [0.15, 0.2) is 0 Å². The van der Waals surface area contributed by atoms with Gasteiger partial charge < -0.3 is 9.64 Å². The van der Waals surface area contributed by atoms with Gasteiger partial charge in [0.1, 0.15) is 0 Å². The third-order valence-corrected chi connectivity index (χ3v) is 1.23. The number of morpholine rings is 1.